The highest BCUT2D eigenvalue weighted by Gasteiger charge is 2.28. The number of carbonyl (C=O) groups is 1. The first-order valence-electron chi connectivity index (χ1n) is 10.2. The van der Waals surface area contributed by atoms with Crippen LogP contribution in [0.1, 0.15) is 58.1 Å². The van der Waals surface area contributed by atoms with Crippen molar-refractivity contribution in [1.82, 2.24) is 16.0 Å². The number of carbonyl (C=O) groups excluding carboxylic acids is 1. The van der Waals surface area contributed by atoms with Crippen LogP contribution >= 0.6 is 0 Å². The van der Waals surface area contributed by atoms with Crippen molar-refractivity contribution in [1.29, 1.82) is 0 Å². The lowest BCUT2D eigenvalue weighted by molar-refractivity contribution is -0.126. The number of amides is 1. The third kappa shape index (κ3) is 6.78. The molecule has 7 heteroatoms. The molecule has 3 atom stereocenters. The van der Waals surface area contributed by atoms with Crippen molar-refractivity contribution in [2.24, 2.45) is 10.9 Å². The molecule has 0 aromatic heterocycles. The second-order valence-corrected chi connectivity index (χ2v) is 7.63. The Morgan fingerprint density at radius 3 is 2.75 bits per heavy atom. The summed E-state index contributed by atoms with van der Waals surface area (Å²) in [7, 11) is 0. The largest absolute Gasteiger partial charge is 0.386 e. The first kappa shape index (κ1) is 22.1. The number of halogens is 1. The maximum atomic E-state index is 13.8. The summed E-state index contributed by atoms with van der Waals surface area (Å²) in [6.07, 6.45) is 2.58. The lowest BCUT2D eigenvalue weighted by Crippen LogP contribution is -2.47. The number of hydrogen-bond acceptors (Lipinski definition) is 3. The zero-order chi connectivity index (χ0) is 20.5. The van der Waals surface area contributed by atoms with Crippen LogP contribution in [0.3, 0.4) is 0 Å². The van der Waals surface area contributed by atoms with Crippen LogP contribution in [0.5, 0.6) is 0 Å². The molecule has 0 heterocycles. The van der Waals surface area contributed by atoms with Gasteiger partial charge in [-0.25, -0.2) is 4.39 Å². The zero-order valence-corrected chi connectivity index (χ0v) is 17.0. The van der Waals surface area contributed by atoms with Crippen molar-refractivity contribution >= 4 is 11.9 Å². The average molecular weight is 393 g/mol. The number of aliphatic hydroxyl groups is 1. The van der Waals surface area contributed by atoms with Crippen molar-refractivity contribution in [2.75, 3.05) is 13.1 Å². The van der Waals surface area contributed by atoms with Gasteiger partial charge in [-0.15, -0.1) is 0 Å². The second kappa shape index (κ2) is 11.0. The highest BCUT2D eigenvalue weighted by Crippen LogP contribution is 2.24. The predicted octanol–water partition coefficient (Wildman–Crippen LogP) is 2.50. The van der Waals surface area contributed by atoms with Crippen LogP contribution in [0.25, 0.3) is 0 Å². The molecule has 3 unspecified atom stereocenters. The molecule has 156 valence electrons. The van der Waals surface area contributed by atoms with Crippen LogP contribution in [0.15, 0.2) is 29.3 Å². The molecule has 4 N–H and O–H groups in total. The third-order valence-electron chi connectivity index (χ3n) is 4.85. The van der Waals surface area contributed by atoms with E-state index in [4.69, 9.17) is 0 Å². The number of nitrogens with zero attached hydrogens (tertiary/aromatic N) is 1. The molecule has 1 aliphatic carbocycles. The molecule has 1 amide bonds. The number of hydrogen-bond donors (Lipinski definition) is 4. The number of rotatable bonds is 7. The number of benzene rings is 1. The van der Waals surface area contributed by atoms with Crippen LogP contribution in [-0.2, 0) is 4.79 Å². The summed E-state index contributed by atoms with van der Waals surface area (Å²) < 4.78 is 13.8. The molecule has 0 radical (unpaired) electrons. The minimum absolute atomic E-state index is 0.000492. The van der Waals surface area contributed by atoms with E-state index >= 15 is 0 Å². The van der Waals surface area contributed by atoms with E-state index in [0.29, 0.717) is 12.5 Å². The summed E-state index contributed by atoms with van der Waals surface area (Å²) in [4.78, 5) is 16.7. The number of aliphatic imine (C=N–C) groups is 1. The van der Waals surface area contributed by atoms with Crippen LogP contribution in [0, 0.1) is 11.7 Å². The number of guanidine groups is 1. The van der Waals surface area contributed by atoms with E-state index in [9.17, 15) is 14.3 Å². The second-order valence-electron chi connectivity index (χ2n) is 7.63. The smallest absolute Gasteiger partial charge is 0.223 e. The number of aliphatic hydroxyl groups excluding tert-OH is 1. The number of nitrogens with one attached hydrogen (secondary N) is 3. The Balaban J connectivity index is 1.96. The standard InChI is InChI=1S/C21H33FN4O2/c1-4-23-21(24-13-19(27)17-10-5-6-11-18(17)22)26-16-9-7-8-15(12-16)20(28)25-14(2)3/h5-6,10-11,14-16,19,27H,4,7-9,12-13H2,1-3H3,(H,25,28)(H2,23,24,26). The SMILES string of the molecule is CCNC(=NCC(O)c1ccccc1F)NC1CCCC(C(=O)NC(C)C)C1. The molecule has 1 aliphatic rings. The van der Waals surface area contributed by atoms with Gasteiger partial charge in [0, 0.05) is 30.1 Å². The Bertz CT molecular complexity index is 666. The maximum Gasteiger partial charge on any atom is 0.223 e. The third-order valence-corrected chi connectivity index (χ3v) is 4.85. The quantitative estimate of drug-likeness (QED) is 0.424. The Morgan fingerprint density at radius 2 is 2.07 bits per heavy atom. The molecule has 0 aliphatic heterocycles. The van der Waals surface area contributed by atoms with E-state index in [1.807, 2.05) is 20.8 Å². The van der Waals surface area contributed by atoms with Gasteiger partial charge in [-0.1, -0.05) is 24.6 Å². The van der Waals surface area contributed by atoms with E-state index in [-0.39, 0.29) is 36.0 Å². The predicted molar refractivity (Wildman–Crippen MR) is 109 cm³/mol. The molecular formula is C21H33FN4O2. The topological polar surface area (TPSA) is 85.8 Å². The van der Waals surface area contributed by atoms with Gasteiger partial charge < -0.3 is 21.1 Å². The highest BCUT2D eigenvalue weighted by molar-refractivity contribution is 5.81. The molecule has 6 nitrogen and oxygen atoms in total. The maximum absolute atomic E-state index is 13.8. The monoisotopic (exact) mass is 392 g/mol. The molecule has 1 aromatic rings. The van der Waals surface area contributed by atoms with Gasteiger partial charge in [0.25, 0.3) is 0 Å². The molecular weight excluding hydrogens is 359 g/mol. The van der Waals surface area contributed by atoms with Crippen molar-refractivity contribution in [3.63, 3.8) is 0 Å². The first-order valence-corrected chi connectivity index (χ1v) is 10.2. The summed E-state index contributed by atoms with van der Waals surface area (Å²) in [5, 5.41) is 19.8. The summed E-state index contributed by atoms with van der Waals surface area (Å²) in [5.41, 5.74) is 0.241. The molecule has 1 aromatic carbocycles. The summed E-state index contributed by atoms with van der Waals surface area (Å²) in [6, 6.07) is 6.46. The molecule has 1 saturated carbocycles. The van der Waals surface area contributed by atoms with E-state index in [1.54, 1.807) is 18.2 Å². The summed E-state index contributed by atoms with van der Waals surface area (Å²) >= 11 is 0. The first-order chi connectivity index (χ1) is 13.4. The van der Waals surface area contributed by atoms with E-state index in [1.165, 1.54) is 6.07 Å². The van der Waals surface area contributed by atoms with Crippen molar-refractivity contribution in [3.8, 4) is 0 Å². The van der Waals surface area contributed by atoms with Gasteiger partial charge in [-0.3, -0.25) is 9.79 Å². The summed E-state index contributed by atoms with van der Waals surface area (Å²) in [6.45, 7) is 6.62. The molecule has 28 heavy (non-hydrogen) atoms. The van der Waals surface area contributed by atoms with Gasteiger partial charge in [0.05, 0.1) is 6.54 Å². The van der Waals surface area contributed by atoms with Gasteiger partial charge in [-0.05, 0) is 46.1 Å². The summed E-state index contributed by atoms with van der Waals surface area (Å²) in [5.74, 6) is 0.251. The lowest BCUT2D eigenvalue weighted by Gasteiger charge is -2.30. The van der Waals surface area contributed by atoms with Crippen molar-refractivity contribution in [3.05, 3.63) is 35.6 Å². The molecule has 1 fully saturated rings. The zero-order valence-electron chi connectivity index (χ0n) is 17.0. The van der Waals surface area contributed by atoms with E-state index in [0.717, 1.165) is 25.7 Å². The molecule has 0 bridgehead atoms. The average Bonchev–Trinajstić information content (AvgIpc) is 2.66. The minimum Gasteiger partial charge on any atom is -0.386 e. The minimum atomic E-state index is -1.01. The Morgan fingerprint density at radius 1 is 1.32 bits per heavy atom. The van der Waals surface area contributed by atoms with Crippen LogP contribution in [0.4, 0.5) is 4.39 Å². The Hall–Kier alpha value is -2.15. The molecule has 2 rings (SSSR count). The fourth-order valence-electron chi connectivity index (χ4n) is 3.50. The fourth-order valence-corrected chi connectivity index (χ4v) is 3.50. The molecule has 0 saturated heterocycles. The fraction of sp³-hybridized carbons (Fsp3) is 0.619. The molecule has 0 spiro atoms. The van der Waals surface area contributed by atoms with Crippen molar-refractivity contribution < 1.29 is 14.3 Å². The highest BCUT2D eigenvalue weighted by atomic mass is 19.1. The van der Waals surface area contributed by atoms with Crippen LogP contribution < -0.4 is 16.0 Å². The van der Waals surface area contributed by atoms with Crippen molar-refractivity contribution in [2.45, 2.75) is 64.6 Å². The van der Waals surface area contributed by atoms with E-state index in [2.05, 4.69) is 20.9 Å². The lowest BCUT2D eigenvalue weighted by atomic mass is 9.85. The van der Waals surface area contributed by atoms with Gasteiger partial charge in [0.1, 0.15) is 11.9 Å². The van der Waals surface area contributed by atoms with Gasteiger partial charge in [-0.2, -0.15) is 0 Å². The van der Waals surface area contributed by atoms with Crippen LogP contribution in [-0.4, -0.2) is 42.1 Å². The van der Waals surface area contributed by atoms with Gasteiger partial charge >= 0.3 is 0 Å². The normalized spacial score (nSPS) is 21.3. The Kier molecular flexibility index (Phi) is 8.70. The van der Waals surface area contributed by atoms with E-state index < -0.39 is 11.9 Å². The Labute approximate surface area is 167 Å². The van der Waals surface area contributed by atoms with Crippen LogP contribution in [0.2, 0.25) is 0 Å². The van der Waals surface area contributed by atoms with Gasteiger partial charge in [0.2, 0.25) is 5.91 Å². The van der Waals surface area contributed by atoms with Gasteiger partial charge in [0.15, 0.2) is 5.96 Å².